The Morgan fingerprint density at radius 3 is 2.45 bits per heavy atom. The molecule has 0 fully saturated rings. The monoisotopic (exact) mass is 312 g/mol. The number of hydrogen-bond donors (Lipinski definition) is 1. The molecule has 0 spiro atoms. The highest BCUT2D eigenvalue weighted by molar-refractivity contribution is 6.00. The number of benzene rings is 1. The Balaban J connectivity index is 3.35. The number of nitrogens with zero attached hydrogens (tertiary/aromatic N) is 2. The first-order valence-electron chi connectivity index (χ1n) is 6.28. The predicted octanol–water partition coefficient (Wildman–Crippen LogP) is 1.16. The van der Waals surface area contributed by atoms with E-state index in [1.807, 2.05) is 0 Å². The van der Waals surface area contributed by atoms with Gasteiger partial charge >= 0.3 is 5.97 Å². The van der Waals surface area contributed by atoms with E-state index in [2.05, 4.69) is 0 Å². The lowest BCUT2D eigenvalue weighted by Gasteiger charge is -2.16. The normalized spacial score (nSPS) is 9.95. The summed E-state index contributed by atoms with van der Waals surface area (Å²) in [7, 11) is 2.57. The van der Waals surface area contributed by atoms with Gasteiger partial charge in [-0.3, -0.25) is 19.7 Å². The number of aliphatic carboxylic acids is 1. The molecule has 1 amide bonds. The van der Waals surface area contributed by atoms with E-state index < -0.39 is 29.0 Å². The largest absolute Gasteiger partial charge is 0.493 e. The van der Waals surface area contributed by atoms with Crippen LogP contribution in [-0.2, 0) is 4.79 Å². The lowest BCUT2D eigenvalue weighted by atomic mass is 10.1. The maximum atomic E-state index is 12.2. The molecule has 1 N–H and O–H groups in total. The number of carbonyl (C=O) groups excluding carboxylic acids is 1. The molecule has 0 aliphatic heterocycles. The van der Waals surface area contributed by atoms with Gasteiger partial charge in [0.1, 0.15) is 12.1 Å². The van der Waals surface area contributed by atoms with Gasteiger partial charge in [-0.15, -0.1) is 0 Å². The van der Waals surface area contributed by atoms with E-state index in [4.69, 9.17) is 14.6 Å². The molecule has 22 heavy (non-hydrogen) atoms. The quantitative estimate of drug-likeness (QED) is 0.592. The maximum Gasteiger partial charge on any atom is 0.323 e. The molecule has 0 unspecified atom stereocenters. The van der Waals surface area contributed by atoms with Crippen LogP contribution in [0.15, 0.2) is 12.1 Å². The smallest absolute Gasteiger partial charge is 0.323 e. The number of amides is 1. The average Bonchev–Trinajstić information content (AvgIpc) is 2.45. The van der Waals surface area contributed by atoms with Crippen LogP contribution in [0.3, 0.4) is 0 Å². The fraction of sp³-hybridized carbons (Fsp3) is 0.385. The summed E-state index contributed by atoms with van der Waals surface area (Å²) in [5.41, 5.74) is -0.749. The second kappa shape index (κ2) is 7.25. The standard InChI is InChI=1S/C13H16N2O7/c1-4-22-11-6-9(15(19)20)8(5-10(11)21-3)13(18)14(2)7-12(16)17/h5-6H,4,7H2,1-3H3,(H,16,17). The van der Waals surface area contributed by atoms with E-state index >= 15 is 0 Å². The van der Waals surface area contributed by atoms with Gasteiger partial charge in [-0.2, -0.15) is 0 Å². The number of nitro benzene ring substituents is 1. The van der Waals surface area contributed by atoms with Gasteiger partial charge in [0, 0.05) is 13.1 Å². The molecule has 0 saturated heterocycles. The van der Waals surface area contributed by atoms with Crippen LogP contribution in [0, 0.1) is 10.1 Å². The third kappa shape index (κ3) is 3.84. The Bertz CT molecular complexity index is 600. The first kappa shape index (κ1) is 17.2. The van der Waals surface area contributed by atoms with Crippen molar-refractivity contribution in [3.8, 4) is 11.5 Å². The van der Waals surface area contributed by atoms with E-state index in [0.717, 1.165) is 11.0 Å². The molecular formula is C13H16N2O7. The van der Waals surface area contributed by atoms with Gasteiger partial charge in [0.15, 0.2) is 11.5 Å². The lowest BCUT2D eigenvalue weighted by molar-refractivity contribution is -0.385. The topological polar surface area (TPSA) is 119 Å². The summed E-state index contributed by atoms with van der Waals surface area (Å²) in [5, 5.41) is 19.8. The van der Waals surface area contributed by atoms with Gasteiger partial charge < -0.3 is 19.5 Å². The van der Waals surface area contributed by atoms with Crippen molar-refractivity contribution in [2.24, 2.45) is 0 Å². The molecule has 0 aromatic heterocycles. The molecule has 1 rings (SSSR count). The molecule has 0 aliphatic rings. The second-order valence-corrected chi connectivity index (χ2v) is 4.27. The molecule has 9 nitrogen and oxygen atoms in total. The third-order valence-corrected chi connectivity index (χ3v) is 2.73. The molecule has 0 saturated carbocycles. The van der Waals surface area contributed by atoms with Crippen LogP contribution in [0.1, 0.15) is 17.3 Å². The molecular weight excluding hydrogens is 296 g/mol. The maximum absolute atomic E-state index is 12.2. The highest BCUT2D eigenvalue weighted by atomic mass is 16.6. The van der Waals surface area contributed by atoms with Crippen LogP contribution in [-0.4, -0.2) is 54.1 Å². The van der Waals surface area contributed by atoms with Crippen LogP contribution >= 0.6 is 0 Å². The van der Waals surface area contributed by atoms with E-state index in [1.165, 1.54) is 20.2 Å². The molecule has 0 bridgehead atoms. The highest BCUT2D eigenvalue weighted by Crippen LogP contribution is 2.35. The van der Waals surface area contributed by atoms with E-state index in [9.17, 15) is 19.7 Å². The van der Waals surface area contributed by atoms with Crippen molar-refractivity contribution in [1.82, 2.24) is 4.90 Å². The first-order chi connectivity index (χ1) is 10.3. The third-order valence-electron chi connectivity index (χ3n) is 2.73. The van der Waals surface area contributed by atoms with Gasteiger partial charge in [-0.05, 0) is 6.92 Å². The molecule has 0 heterocycles. The molecule has 9 heteroatoms. The van der Waals surface area contributed by atoms with Crippen molar-refractivity contribution in [1.29, 1.82) is 0 Å². The Morgan fingerprint density at radius 2 is 2.00 bits per heavy atom. The summed E-state index contributed by atoms with van der Waals surface area (Å²) in [4.78, 5) is 34.1. The molecule has 0 radical (unpaired) electrons. The number of carbonyl (C=O) groups is 2. The van der Waals surface area contributed by atoms with E-state index in [0.29, 0.717) is 0 Å². The molecule has 1 aromatic rings. The predicted molar refractivity (Wildman–Crippen MR) is 75.4 cm³/mol. The number of methoxy groups -OCH3 is 1. The minimum absolute atomic E-state index is 0.133. The van der Waals surface area contributed by atoms with Gasteiger partial charge in [0.05, 0.1) is 24.7 Å². The zero-order valence-corrected chi connectivity index (χ0v) is 12.4. The highest BCUT2D eigenvalue weighted by Gasteiger charge is 2.27. The SMILES string of the molecule is CCOc1cc([N+](=O)[O-])c(C(=O)N(C)CC(=O)O)cc1OC. The van der Waals surface area contributed by atoms with Gasteiger partial charge in [0.25, 0.3) is 11.6 Å². The zero-order valence-electron chi connectivity index (χ0n) is 12.4. The number of hydrogen-bond acceptors (Lipinski definition) is 6. The Hall–Kier alpha value is -2.84. The summed E-state index contributed by atoms with van der Waals surface area (Å²) in [5.74, 6) is -1.74. The number of rotatable bonds is 7. The fourth-order valence-corrected chi connectivity index (χ4v) is 1.78. The molecule has 120 valence electrons. The number of likely N-dealkylation sites (N-methyl/N-ethyl adjacent to an activating group) is 1. The van der Waals surface area contributed by atoms with Crippen LogP contribution in [0.4, 0.5) is 5.69 Å². The minimum atomic E-state index is -1.23. The molecule has 0 atom stereocenters. The van der Waals surface area contributed by atoms with Crippen molar-refractivity contribution < 1.29 is 29.1 Å². The molecule has 0 aliphatic carbocycles. The van der Waals surface area contributed by atoms with Crippen molar-refractivity contribution in [3.05, 3.63) is 27.8 Å². The second-order valence-electron chi connectivity index (χ2n) is 4.27. The van der Waals surface area contributed by atoms with Gasteiger partial charge in [0.2, 0.25) is 0 Å². The van der Waals surface area contributed by atoms with Crippen LogP contribution < -0.4 is 9.47 Å². The summed E-state index contributed by atoms with van der Waals surface area (Å²) in [6.45, 7) is 1.39. The summed E-state index contributed by atoms with van der Waals surface area (Å²) in [6.07, 6.45) is 0. The van der Waals surface area contributed by atoms with E-state index in [1.54, 1.807) is 6.92 Å². The Labute approximate surface area is 126 Å². The number of nitro groups is 1. The van der Waals surface area contributed by atoms with Crippen molar-refractivity contribution in [2.45, 2.75) is 6.92 Å². The summed E-state index contributed by atoms with van der Waals surface area (Å²) in [6, 6.07) is 2.26. The Morgan fingerprint density at radius 1 is 1.36 bits per heavy atom. The molecule has 1 aromatic carbocycles. The first-order valence-corrected chi connectivity index (χ1v) is 6.28. The van der Waals surface area contributed by atoms with Crippen molar-refractivity contribution >= 4 is 17.6 Å². The fourth-order valence-electron chi connectivity index (χ4n) is 1.78. The van der Waals surface area contributed by atoms with Crippen LogP contribution in [0.2, 0.25) is 0 Å². The lowest BCUT2D eigenvalue weighted by Crippen LogP contribution is -2.32. The number of carboxylic acid groups (broad SMARTS) is 1. The number of carboxylic acids is 1. The van der Waals surface area contributed by atoms with Crippen molar-refractivity contribution in [3.63, 3.8) is 0 Å². The van der Waals surface area contributed by atoms with Crippen LogP contribution in [0.25, 0.3) is 0 Å². The van der Waals surface area contributed by atoms with Crippen molar-refractivity contribution in [2.75, 3.05) is 27.3 Å². The van der Waals surface area contributed by atoms with Gasteiger partial charge in [-0.25, -0.2) is 0 Å². The van der Waals surface area contributed by atoms with Crippen LogP contribution in [0.5, 0.6) is 11.5 Å². The summed E-state index contributed by atoms with van der Waals surface area (Å²) < 4.78 is 10.3. The summed E-state index contributed by atoms with van der Waals surface area (Å²) >= 11 is 0. The minimum Gasteiger partial charge on any atom is -0.493 e. The average molecular weight is 312 g/mol. The number of ether oxygens (including phenoxy) is 2. The zero-order chi connectivity index (χ0) is 16.9. The van der Waals surface area contributed by atoms with Gasteiger partial charge in [-0.1, -0.05) is 0 Å². The van der Waals surface area contributed by atoms with E-state index in [-0.39, 0.29) is 23.7 Å². The Kier molecular flexibility index (Phi) is 5.67.